The summed E-state index contributed by atoms with van der Waals surface area (Å²) in [6.45, 7) is 20.1. The van der Waals surface area contributed by atoms with Crippen molar-refractivity contribution in [2.75, 3.05) is 0 Å². The zero-order valence-electron chi connectivity index (χ0n) is 14.4. The molecule has 0 aromatic carbocycles. The molecule has 0 radical (unpaired) electrons. The monoisotopic (exact) mass is 284 g/mol. The fraction of sp³-hybridized carbons (Fsp3) is 0.882. The minimum absolute atomic E-state index is 0.229. The molecule has 0 saturated heterocycles. The van der Waals surface area contributed by atoms with Gasteiger partial charge in [-0.15, -0.1) is 6.58 Å². The minimum Gasteiger partial charge on any atom is -0.413 e. The van der Waals surface area contributed by atoms with E-state index in [0.717, 1.165) is 12.8 Å². The SMILES string of the molecule is C=CC[C@@H](C)C[C@H](O[Si](CC)(CC)CC)C(C)(C)C. The summed E-state index contributed by atoms with van der Waals surface area (Å²) < 4.78 is 6.77. The number of hydrogen-bond acceptors (Lipinski definition) is 1. The molecule has 0 aliphatic rings. The van der Waals surface area contributed by atoms with Gasteiger partial charge in [-0.1, -0.05) is 54.5 Å². The highest BCUT2D eigenvalue weighted by atomic mass is 28.4. The van der Waals surface area contributed by atoms with Gasteiger partial charge in [-0.25, -0.2) is 0 Å². The third-order valence-electron chi connectivity index (χ3n) is 4.48. The summed E-state index contributed by atoms with van der Waals surface area (Å²) in [6, 6.07) is 3.72. The molecule has 1 nitrogen and oxygen atoms in total. The molecule has 0 rings (SSSR count). The van der Waals surface area contributed by atoms with E-state index < -0.39 is 8.32 Å². The molecule has 2 heteroatoms. The summed E-state index contributed by atoms with van der Waals surface area (Å²) in [5.41, 5.74) is 0.229. The number of allylic oxidation sites excluding steroid dienone is 1. The first-order valence-electron chi connectivity index (χ1n) is 8.03. The maximum absolute atomic E-state index is 6.77. The van der Waals surface area contributed by atoms with E-state index in [1.165, 1.54) is 18.1 Å². The molecule has 0 heterocycles. The van der Waals surface area contributed by atoms with E-state index in [-0.39, 0.29) is 5.41 Å². The van der Waals surface area contributed by atoms with Crippen LogP contribution in [0.15, 0.2) is 12.7 Å². The minimum atomic E-state index is -1.51. The molecule has 0 aromatic heterocycles. The summed E-state index contributed by atoms with van der Waals surface area (Å²) in [6.07, 6.45) is 4.67. The zero-order valence-corrected chi connectivity index (χ0v) is 15.4. The van der Waals surface area contributed by atoms with Crippen LogP contribution in [0.3, 0.4) is 0 Å². The lowest BCUT2D eigenvalue weighted by atomic mass is 9.83. The van der Waals surface area contributed by atoms with E-state index in [9.17, 15) is 0 Å². The molecular weight excluding hydrogens is 248 g/mol. The molecule has 19 heavy (non-hydrogen) atoms. The zero-order chi connectivity index (χ0) is 15.1. The molecule has 0 bridgehead atoms. The van der Waals surface area contributed by atoms with E-state index >= 15 is 0 Å². The van der Waals surface area contributed by atoms with Crippen molar-refractivity contribution in [1.82, 2.24) is 0 Å². The summed E-state index contributed by atoms with van der Waals surface area (Å²) in [4.78, 5) is 0. The second-order valence-corrected chi connectivity index (χ2v) is 11.8. The van der Waals surface area contributed by atoms with Crippen LogP contribution in [0, 0.1) is 11.3 Å². The normalized spacial score (nSPS) is 16.2. The first kappa shape index (κ1) is 18.9. The summed E-state index contributed by atoms with van der Waals surface area (Å²) in [7, 11) is -1.51. The summed E-state index contributed by atoms with van der Waals surface area (Å²) in [5, 5.41) is 0. The van der Waals surface area contributed by atoms with Gasteiger partial charge in [0.05, 0.1) is 6.10 Å². The lowest BCUT2D eigenvalue weighted by Crippen LogP contribution is -2.45. The van der Waals surface area contributed by atoms with Gasteiger partial charge in [0.1, 0.15) is 0 Å². The standard InChI is InChI=1S/C17H36OSi/c1-9-13-15(5)14-16(17(6,7)8)18-19(10-2,11-3)12-4/h9,15-16H,1,10-14H2,2-8H3/t15-,16+/m1/s1. The topological polar surface area (TPSA) is 9.23 Å². The van der Waals surface area contributed by atoms with E-state index in [1.807, 2.05) is 6.08 Å². The molecule has 2 atom stereocenters. The van der Waals surface area contributed by atoms with Crippen LogP contribution in [0.25, 0.3) is 0 Å². The van der Waals surface area contributed by atoms with Crippen molar-refractivity contribution in [2.45, 2.75) is 85.5 Å². The van der Waals surface area contributed by atoms with Crippen molar-refractivity contribution in [3.63, 3.8) is 0 Å². The lowest BCUT2D eigenvalue weighted by molar-refractivity contribution is 0.0556. The first-order chi connectivity index (χ1) is 8.74. The second-order valence-electron chi connectivity index (χ2n) is 7.08. The highest BCUT2D eigenvalue weighted by Gasteiger charge is 2.36. The molecule has 0 saturated carbocycles. The van der Waals surface area contributed by atoms with Crippen molar-refractivity contribution < 1.29 is 4.43 Å². The van der Waals surface area contributed by atoms with Crippen LogP contribution >= 0.6 is 0 Å². The molecule has 0 N–H and O–H groups in total. The third kappa shape index (κ3) is 6.27. The van der Waals surface area contributed by atoms with Crippen molar-refractivity contribution in [3.05, 3.63) is 12.7 Å². The number of rotatable bonds is 9. The molecular formula is C17H36OSi. The lowest BCUT2D eigenvalue weighted by Gasteiger charge is -2.40. The van der Waals surface area contributed by atoms with Gasteiger partial charge in [0.15, 0.2) is 8.32 Å². The van der Waals surface area contributed by atoms with Crippen LogP contribution in [0.5, 0.6) is 0 Å². The molecule has 0 aromatic rings. The molecule has 0 aliphatic carbocycles. The fourth-order valence-corrected chi connectivity index (χ4v) is 5.68. The Labute approximate surface area is 123 Å². The molecule has 114 valence electrons. The van der Waals surface area contributed by atoms with Crippen molar-refractivity contribution in [3.8, 4) is 0 Å². The molecule has 0 aliphatic heterocycles. The maximum atomic E-state index is 6.77. The van der Waals surface area contributed by atoms with Gasteiger partial charge in [0.25, 0.3) is 0 Å². The van der Waals surface area contributed by atoms with Crippen LogP contribution in [0.4, 0.5) is 0 Å². The van der Waals surface area contributed by atoms with Gasteiger partial charge in [-0.2, -0.15) is 0 Å². The van der Waals surface area contributed by atoms with Crippen molar-refractivity contribution in [2.24, 2.45) is 11.3 Å². The van der Waals surface area contributed by atoms with Crippen LogP contribution in [0.1, 0.15) is 61.3 Å². The Kier molecular flexibility index (Phi) is 8.22. The Balaban J connectivity index is 4.91. The Morgan fingerprint density at radius 3 is 1.89 bits per heavy atom. The average molecular weight is 285 g/mol. The molecule has 0 spiro atoms. The predicted molar refractivity (Wildman–Crippen MR) is 90.1 cm³/mol. The summed E-state index contributed by atoms with van der Waals surface area (Å²) >= 11 is 0. The van der Waals surface area contributed by atoms with Gasteiger partial charge in [0.2, 0.25) is 0 Å². The van der Waals surface area contributed by atoms with Gasteiger partial charge in [-0.05, 0) is 42.3 Å². The Morgan fingerprint density at radius 1 is 1.11 bits per heavy atom. The average Bonchev–Trinajstić information content (AvgIpc) is 2.34. The molecule has 0 amide bonds. The summed E-state index contributed by atoms with van der Waals surface area (Å²) in [5.74, 6) is 0.666. The molecule has 0 unspecified atom stereocenters. The van der Waals surface area contributed by atoms with E-state index in [1.54, 1.807) is 0 Å². The third-order valence-corrected chi connectivity index (χ3v) is 9.13. The Hall–Kier alpha value is -0.0831. The van der Waals surface area contributed by atoms with Crippen LogP contribution in [-0.2, 0) is 4.43 Å². The van der Waals surface area contributed by atoms with Crippen LogP contribution in [0.2, 0.25) is 18.1 Å². The largest absolute Gasteiger partial charge is 0.413 e. The van der Waals surface area contributed by atoms with E-state index in [4.69, 9.17) is 4.43 Å². The Morgan fingerprint density at radius 2 is 1.58 bits per heavy atom. The number of hydrogen-bond donors (Lipinski definition) is 0. The van der Waals surface area contributed by atoms with Crippen LogP contribution in [-0.4, -0.2) is 14.4 Å². The van der Waals surface area contributed by atoms with Crippen LogP contribution < -0.4 is 0 Å². The van der Waals surface area contributed by atoms with Gasteiger partial charge in [-0.3, -0.25) is 0 Å². The van der Waals surface area contributed by atoms with E-state index in [2.05, 4.69) is 55.0 Å². The second kappa shape index (κ2) is 8.26. The van der Waals surface area contributed by atoms with Crippen molar-refractivity contribution in [1.29, 1.82) is 0 Å². The van der Waals surface area contributed by atoms with Crippen molar-refractivity contribution >= 4 is 8.32 Å². The fourth-order valence-electron chi connectivity index (χ4n) is 2.63. The van der Waals surface area contributed by atoms with E-state index in [0.29, 0.717) is 12.0 Å². The predicted octanol–water partition coefficient (Wildman–Crippen LogP) is 6.03. The smallest absolute Gasteiger partial charge is 0.192 e. The maximum Gasteiger partial charge on any atom is 0.192 e. The highest BCUT2D eigenvalue weighted by Crippen LogP contribution is 2.34. The highest BCUT2D eigenvalue weighted by molar-refractivity contribution is 6.73. The molecule has 0 fully saturated rings. The Bertz CT molecular complexity index is 242. The van der Waals surface area contributed by atoms with Gasteiger partial charge < -0.3 is 4.43 Å². The van der Waals surface area contributed by atoms with Gasteiger partial charge in [0, 0.05) is 0 Å². The quantitative estimate of drug-likeness (QED) is 0.371. The van der Waals surface area contributed by atoms with Gasteiger partial charge >= 0.3 is 0 Å². The first-order valence-corrected chi connectivity index (χ1v) is 10.6.